The molecule has 1 rings (SSSR count). The number of aromatic nitrogens is 2. The van der Waals surface area contributed by atoms with Gasteiger partial charge < -0.3 is 4.74 Å². The van der Waals surface area contributed by atoms with Gasteiger partial charge >= 0.3 is 0 Å². The molecule has 0 aliphatic rings. The average Bonchev–Trinajstić information content (AvgIpc) is 2.03. The van der Waals surface area contributed by atoms with Gasteiger partial charge in [0.2, 0.25) is 5.88 Å². The lowest BCUT2D eigenvalue weighted by Crippen LogP contribution is -2.07. The maximum Gasteiger partial charge on any atom is 0.235 e. The zero-order valence-corrected chi connectivity index (χ0v) is 7.74. The highest BCUT2D eigenvalue weighted by atomic mass is 16.5. The summed E-state index contributed by atoms with van der Waals surface area (Å²) in [6, 6.07) is 0. The molecule has 3 nitrogen and oxygen atoms in total. The molecule has 0 aromatic carbocycles. The van der Waals surface area contributed by atoms with E-state index in [4.69, 9.17) is 4.74 Å². The van der Waals surface area contributed by atoms with Crippen LogP contribution in [0, 0.1) is 12.8 Å². The molecule has 1 heterocycles. The van der Waals surface area contributed by atoms with E-state index in [9.17, 15) is 0 Å². The van der Waals surface area contributed by atoms with E-state index in [1.807, 2.05) is 6.92 Å². The van der Waals surface area contributed by atoms with Crippen molar-refractivity contribution >= 4 is 0 Å². The van der Waals surface area contributed by atoms with E-state index in [1.54, 1.807) is 12.4 Å². The molecule has 0 aliphatic carbocycles. The summed E-state index contributed by atoms with van der Waals surface area (Å²) in [7, 11) is 0. The Morgan fingerprint density at radius 1 is 1.33 bits per heavy atom. The molecule has 0 amide bonds. The third-order valence-electron chi connectivity index (χ3n) is 1.39. The number of rotatable bonds is 3. The molecular formula is C9H14N2O. The van der Waals surface area contributed by atoms with Gasteiger partial charge in [-0.1, -0.05) is 13.8 Å². The lowest BCUT2D eigenvalue weighted by atomic mass is 10.2. The summed E-state index contributed by atoms with van der Waals surface area (Å²) >= 11 is 0. The van der Waals surface area contributed by atoms with Crippen molar-refractivity contribution in [2.75, 3.05) is 6.61 Å². The fourth-order valence-corrected chi connectivity index (χ4v) is 0.782. The second-order valence-electron chi connectivity index (χ2n) is 3.15. The SMILES string of the molecule is Cc1nccnc1OCC(C)C. The van der Waals surface area contributed by atoms with Crippen LogP contribution in [-0.4, -0.2) is 16.6 Å². The fourth-order valence-electron chi connectivity index (χ4n) is 0.782. The molecular weight excluding hydrogens is 152 g/mol. The van der Waals surface area contributed by atoms with Gasteiger partial charge in [0.15, 0.2) is 0 Å². The summed E-state index contributed by atoms with van der Waals surface area (Å²) in [4.78, 5) is 8.14. The van der Waals surface area contributed by atoms with Crippen molar-refractivity contribution in [2.24, 2.45) is 5.92 Å². The van der Waals surface area contributed by atoms with E-state index in [0.717, 1.165) is 5.69 Å². The highest BCUT2D eigenvalue weighted by molar-refractivity contribution is 5.14. The van der Waals surface area contributed by atoms with E-state index in [2.05, 4.69) is 23.8 Å². The zero-order valence-electron chi connectivity index (χ0n) is 7.74. The summed E-state index contributed by atoms with van der Waals surface area (Å²) in [6.07, 6.45) is 3.31. The third kappa shape index (κ3) is 2.49. The first-order chi connectivity index (χ1) is 5.70. The van der Waals surface area contributed by atoms with Crippen molar-refractivity contribution in [1.82, 2.24) is 9.97 Å². The quantitative estimate of drug-likeness (QED) is 0.687. The summed E-state index contributed by atoms with van der Waals surface area (Å²) in [5, 5.41) is 0. The molecule has 0 radical (unpaired) electrons. The molecule has 1 aromatic heterocycles. The van der Waals surface area contributed by atoms with E-state index in [-0.39, 0.29) is 0 Å². The van der Waals surface area contributed by atoms with Gasteiger partial charge in [-0.15, -0.1) is 0 Å². The molecule has 0 N–H and O–H groups in total. The summed E-state index contributed by atoms with van der Waals surface area (Å²) in [6.45, 7) is 6.79. The first-order valence-corrected chi connectivity index (χ1v) is 4.10. The minimum Gasteiger partial charge on any atom is -0.476 e. The molecule has 66 valence electrons. The van der Waals surface area contributed by atoms with Gasteiger partial charge in [0.25, 0.3) is 0 Å². The smallest absolute Gasteiger partial charge is 0.235 e. The average molecular weight is 166 g/mol. The normalized spacial score (nSPS) is 10.3. The van der Waals surface area contributed by atoms with Crippen molar-refractivity contribution in [3.05, 3.63) is 18.1 Å². The number of hydrogen-bond acceptors (Lipinski definition) is 3. The van der Waals surface area contributed by atoms with Crippen LogP contribution < -0.4 is 4.74 Å². The lowest BCUT2D eigenvalue weighted by Gasteiger charge is -2.08. The predicted octanol–water partition coefficient (Wildman–Crippen LogP) is 1.82. The van der Waals surface area contributed by atoms with E-state index < -0.39 is 0 Å². The maximum absolute atomic E-state index is 5.42. The number of aryl methyl sites for hydroxylation is 1. The second-order valence-corrected chi connectivity index (χ2v) is 3.15. The van der Waals surface area contributed by atoms with Crippen LogP contribution in [0.3, 0.4) is 0 Å². The Balaban J connectivity index is 2.57. The molecule has 0 atom stereocenters. The van der Waals surface area contributed by atoms with Gasteiger partial charge in [0.05, 0.1) is 12.3 Å². The Kier molecular flexibility index (Phi) is 3.02. The molecule has 0 saturated carbocycles. The Hall–Kier alpha value is -1.12. The minimum atomic E-state index is 0.520. The maximum atomic E-state index is 5.42. The molecule has 0 unspecified atom stereocenters. The Bertz CT molecular complexity index is 248. The van der Waals surface area contributed by atoms with Crippen molar-refractivity contribution in [1.29, 1.82) is 0 Å². The molecule has 1 aromatic rings. The van der Waals surface area contributed by atoms with Gasteiger partial charge in [-0.25, -0.2) is 4.98 Å². The van der Waals surface area contributed by atoms with Crippen LogP contribution in [0.25, 0.3) is 0 Å². The molecule has 0 saturated heterocycles. The fraction of sp³-hybridized carbons (Fsp3) is 0.556. The van der Waals surface area contributed by atoms with E-state index in [0.29, 0.717) is 18.4 Å². The molecule has 3 heteroatoms. The number of ether oxygens (including phenoxy) is 1. The van der Waals surface area contributed by atoms with Gasteiger partial charge in [0.1, 0.15) is 0 Å². The number of hydrogen-bond donors (Lipinski definition) is 0. The van der Waals surface area contributed by atoms with Crippen molar-refractivity contribution in [3.63, 3.8) is 0 Å². The minimum absolute atomic E-state index is 0.520. The van der Waals surface area contributed by atoms with Crippen LogP contribution in [0.1, 0.15) is 19.5 Å². The van der Waals surface area contributed by atoms with E-state index in [1.165, 1.54) is 0 Å². The van der Waals surface area contributed by atoms with Crippen LogP contribution in [0.15, 0.2) is 12.4 Å². The summed E-state index contributed by atoms with van der Waals surface area (Å²) in [5.41, 5.74) is 0.846. The number of nitrogens with zero attached hydrogens (tertiary/aromatic N) is 2. The highest BCUT2D eigenvalue weighted by Crippen LogP contribution is 2.10. The van der Waals surface area contributed by atoms with Crippen LogP contribution in [-0.2, 0) is 0 Å². The monoisotopic (exact) mass is 166 g/mol. The van der Waals surface area contributed by atoms with Crippen LogP contribution in [0.5, 0.6) is 5.88 Å². The van der Waals surface area contributed by atoms with Crippen molar-refractivity contribution < 1.29 is 4.74 Å². The topological polar surface area (TPSA) is 35.0 Å². The van der Waals surface area contributed by atoms with Gasteiger partial charge in [0, 0.05) is 12.4 Å². The standard InChI is InChI=1S/C9H14N2O/c1-7(2)6-12-9-8(3)10-4-5-11-9/h4-5,7H,6H2,1-3H3. The Labute approximate surface area is 72.8 Å². The molecule has 0 spiro atoms. The summed E-state index contributed by atoms with van der Waals surface area (Å²) in [5.74, 6) is 1.16. The second kappa shape index (κ2) is 4.04. The summed E-state index contributed by atoms with van der Waals surface area (Å²) < 4.78 is 5.42. The Morgan fingerprint density at radius 3 is 2.58 bits per heavy atom. The van der Waals surface area contributed by atoms with Gasteiger partial charge in [-0.05, 0) is 12.8 Å². The lowest BCUT2D eigenvalue weighted by molar-refractivity contribution is 0.258. The first-order valence-electron chi connectivity index (χ1n) is 4.10. The van der Waals surface area contributed by atoms with Crippen molar-refractivity contribution in [3.8, 4) is 5.88 Å². The largest absolute Gasteiger partial charge is 0.476 e. The van der Waals surface area contributed by atoms with E-state index >= 15 is 0 Å². The van der Waals surface area contributed by atoms with Crippen LogP contribution in [0.2, 0.25) is 0 Å². The zero-order chi connectivity index (χ0) is 8.97. The molecule has 0 fully saturated rings. The van der Waals surface area contributed by atoms with Crippen LogP contribution in [0.4, 0.5) is 0 Å². The first kappa shape index (κ1) is 8.97. The molecule has 12 heavy (non-hydrogen) atoms. The highest BCUT2D eigenvalue weighted by Gasteiger charge is 2.01. The molecule has 0 aliphatic heterocycles. The van der Waals surface area contributed by atoms with Crippen LogP contribution >= 0.6 is 0 Å². The molecule has 0 bridgehead atoms. The van der Waals surface area contributed by atoms with Crippen molar-refractivity contribution in [2.45, 2.75) is 20.8 Å². The Morgan fingerprint density at radius 2 is 2.00 bits per heavy atom. The predicted molar refractivity (Wildman–Crippen MR) is 47.1 cm³/mol. The third-order valence-corrected chi connectivity index (χ3v) is 1.39. The van der Waals surface area contributed by atoms with Gasteiger partial charge in [-0.3, -0.25) is 4.98 Å². The van der Waals surface area contributed by atoms with Gasteiger partial charge in [-0.2, -0.15) is 0 Å².